The predicted molar refractivity (Wildman–Crippen MR) is 121 cm³/mol. The van der Waals surface area contributed by atoms with Crippen molar-refractivity contribution < 1.29 is 9.90 Å². The molecule has 2 atom stereocenters. The van der Waals surface area contributed by atoms with Crippen molar-refractivity contribution in [1.29, 1.82) is 0 Å². The SMILES string of the molecule is CC[C@@H](NCCc1ccc(C(=O)N(C)Cc2cccnc2)cc1)C(O)c1cccnc1. The smallest absolute Gasteiger partial charge is 0.253 e. The van der Waals surface area contributed by atoms with E-state index in [4.69, 9.17) is 0 Å². The molecule has 0 radical (unpaired) electrons. The lowest BCUT2D eigenvalue weighted by Crippen LogP contribution is -2.35. The zero-order valence-corrected chi connectivity index (χ0v) is 18.1. The highest BCUT2D eigenvalue weighted by Gasteiger charge is 2.18. The summed E-state index contributed by atoms with van der Waals surface area (Å²) in [5, 5.41) is 14.0. The summed E-state index contributed by atoms with van der Waals surface area (Å²) in [6.07, 6.45) is 7.94. The van der Waals surface area contributed by atoms with Gasteiger partial charge in [-0.15, -0.1) is 0 Å². The Morgan fingerprint density at radius 3 is 2.35 bits per heavy atom. The number of nitrogens with zero attached hydrogens (tertiary/aromatic N) is 3. The minimum Gasteiger partial charge on any atom is -0.387 e. The van der Waals surface area contributed by atoms with Crippen molar-refractivity contribution in [3.05, 3.63) is 95.6 Å². The summed E-state index contributed by atoms with van der Waals surface area (Å²) in [6.45, 7) is 3.32. The van der Waals surface area contributed by atoms with Crippen LogP contribution in [0.15, 0.2) is 73.3 Å². The predicted octanol–water partition coefficient (Wildman–Crippen LogP) is 3.39. The first-order chi connectivity index (χ1) is 15.1. The number of benzene rings is 1. The fraction of sp³-hybridized carbons (Fsp3) is 0.320. The Morgan fingerprint density at radius 2 is 1.74 bits per heavy atom. The molecule has 0 saturated carbocycles. The summed E-state index contributed by atoms with van der Waals surface area (Å²) >= 11 is 0. The van der Waals surface area contributed by atoms with Crippen LogP contribution in [0.3, 0.4) is 0 Å². The molecular weight excluding hydrogens is 388 g/mol. The number of aromatic nitrogens is 2. The molecule has 0 saturated heterocycles. The fourth-order valence-corrected chi connectivity index (χ4v) is 3.54. The van der Waals surface area contributed by atoms with Crippen molar-refractivity contribution in [2.24, 2.45) is 0 Å². The van der Waals surface area contributed by atoms with Crippen LogP contribution in [-0.2, 0) is 13.0 Å². The van der Waals surface area contributed by atoms with Gasteiger partial charge in [0.05, 0.1) is 6.10 Å². The second-order valence-electron chi connectivity index (χ2n) is 7.67. The molecule has 0 spiro atoms. The molecular formula is C25H30N4O2. The van der Waals surface area contributed by atoms with Gasteiger partial charge in [-0.2, -0.15) is 0 Å². The number of nitrogens with one attached hydrogen (secondary N) is 1. The third kappa shape index (κ3) is 6.44. The van der Waals surface area contributed by atoms with Gasteiger partial charge >= 0.3 is 0 Å². The van der Waals surface area contributed by atoms with E-state index < -0.39 is 6.10 Å². The summed E-state index contributed by atoms with van der Waals surface area (Å²) in [7, 11) is 1.80. The Hall–Kier alpha value is -3.09. The summed E-state index contributed by atoms with van der Waals surface area (Å²) in [4.78, 5) is 22.5. The number of aliphatic hydroxyl groups is 1. The van der Waals surface area contributed by atoms with Gasteiger partial charge in [0.25, 0.3) is 5.91 Å². The molecule has 31 heavy (non-hydrogen) atoms. The molecule has 1 aromatic carbocycles. The Labute approximate surface area is 184 Å². The van der Waals surface area contributed by atoms with Crippen molar-refractivity contribution in [1.82, 2.24) is 20.2 Å². The van der Waals surface area contributed by atoms with E-state index in [1.165, 1.54) is 0 Å². The van der Waals surface area contributed by atoms with Crippen molar-refractivity contribution in [2.75, 3.05) is 13.6 Å². The maximum Gasteiger partial charge on any atom is 0.253 e. The largest absolute Gasteiger partial charge is 0.387 e. The molecule has 0 aliphatic carbocycles. The number of carbonyl (C=O) groups is 1. The molecule has 1 amide bonds. The quantitative estimate of drug-likeness (QED) is 0.528. The molecule has 3 rings (SSSR count). The summed E-state index contributed by atoms with van der Waals surface area (Å²) < 4.78 is 0. The Balaban J connectivity index is 1.50. The van der Waals surface area contributed by atoms with E-state index in [0.29, 0.717) is 12.1 Å². The third-order valence-corrected chi connectivity index (χ3v) is 5.36. The van der Waals surface area contributed by atoms with Crippen LogP contribution < -0.4 is 5.32 Å². The van der Waals surface area contributed by atoms with E-state index in [1.54, 1.807) is 36.7 Å². The van der Waals surface area contributed by atoms with Crippen LogP contribution in [0.2, 0.25) is 0 Å². The average Bonchev–Trinajstić information content (AvgIpc) is 2.82. The van der Waals surface area contributed by atoms with Gasteiger partial charge in [-0.05, 0) is 54.8 Å². The number of hydrogen-bond donors (Lipinski definition) is 2. The summed E-state index contributed by atoms with van der Waals surface area (Å²) in [6, 6.07) is 15.3. The zero-order valence-electron chi connectivity index (χ0n) is 18.1. The van der Waals surface area contributed by atoms with Crippen LogP contribution >= 0.6 is 0 Å². The van der Waals surface area contributed by atoms with Crippen LogP contribution in [0.25, 0.3) is 0 Å². The number of hydrogen-bond acceptors (Lipinski definition) is 5. The lowest BCUT2D eigenvalue weighted by molar-refractivity contribution is 0.0785. The van der Waals surface area contributed by atoms with Crippen molar-refractivity contribution in [2.45, 2.75) is 38.5 Å². The first-order valence-electron chi connectivity index (χ1n) is 10.6. The van der Waals surface area contributed by atoms with Gasteiger partial charge in [-0.1, -0.05) is 31.2 Å². The first kappa shape index (κ1) is 22.6. The molecule has 2 heterocycles. The first-order valence-corrected chi connectivity index (χ1v) is 10.6. The monoisotopic (exact) mass is 418 g/mol. The topological polar surface area (TPSA) is 78.4 Å². The number of aliphatic hydroxyl groups excluding tert-OH is 1. The van der Waals surface area contributed by atoms with Gasteiger partial charge in [0.15, 0.2) is 0 Å². The number of pyridine rings is 2. The van der Waals surface area contributed by atoms with Crippen molar-refractivity contribution >= 4 is 5.91 Å². The Bertz CT molecular complexity index is 933. The number of carbonyl (C=O) groups excluding carboxylic acids is 1. The van der Waals surface area contributed by atoms with E-state index >= 15 is 0 Å². The molecule has 2 aromatic heterocycles. The number of rotatable bonds is 10. The van der Waals surface area contributed by atoms with Gasteiger partial charge < -0.3 is 15.3 Å². The molecule has 0 bridgehead atoms. The average molecular weight is 419 g/mol. The van der Waals surface area contributed by atoms with Gasteiger partial charge in [-0.3, -0.25) is 14.8 Å². The maximum absolute atomic E-state index is 12.7. The van der Waals surface area contributed by atoms with Gasteiger partial charge in [-0.25, -0.2) is 0 Å². The lowest BCUT2D eigenvalue weighted by Gasteiger charge is -2.23. The highest BCUT2D eigenvalue weighted by Crippen LogP contribution is 2.18. The van der Waals surface area contributed by atoms with Crippen LogP contribution in [0.1, 0.15) is 46.5 Å². The Morgan fingerprint density at radius 1 is 1.03 bits per heavy atom. The molecule has 162 valence electrons. The van der Waals surface area contributed by atoms with Crippen molar-refractivity contribution in [3.63, 3.8) is 0 Å². The van der Waals surface area contributed by atoms with E-state index in [9.17, 15) is 9.90 Å². The fourth-order valence-electron chi connectivity index (χ4n) is 3.54. The zero-order chi connectivity index (χ0) is 22.1. The normalized spacial score (nSPS) is 12.9. The molecule has 0 fully saturated rings. The van der Waals surface area contributed by atoms with Crippen LogP contribution in [0.4, 0.5) is 0 Å². The Kier molecular flexibility index (Phi) is 8.27. The summed E-state index contributed by atoms with van der Waals surface area (Å²) in [5.74, 6) is -0.0147. The second kappa shape index (κ2) is 11.3. The minimum absolute atomic E-state index is 0.0147. The third-order valence-electron chi connectivity index (χ3n) is 5.36. The maximum atomic E-state index is 12.7. The highest BCUT2D eigenvalue weighted by molar-refractivity contribution is 5.94. The van der Waals surface area contributed by atoms with E-state index in [1.807, 2.05) is 48.5 Å². The van der Waals surface area contributed by atoms with Crippen LogP contribution in [0, 0.1) is 0 Å². The molecule has 6 nitrogen and oxygen atoms in total. The molecule has 0 aliphatic rings. The molecule has 0 aliphatic heterocycles. The summed E-state index contributed by atoms with van der Waals surface area (Å²) in [5.41, 5.74) is 3.63. The van der Waals surface area contributed by atoms with Crippen LogP contribution in [-0.4, -0.2) is 45.5 Å². The van der Waals surface area contributed by atoms with E-state index in [2.05, 4.69) is 22.2 Å². The van der Waals surface area contributed by atoms with E-state index in [-0.39, 0.29) is 11.9 Å². The molecule has 1 unspecified atom stereocenters. The highest BCUT2D eigenvalue weighted by atomic mass is 16.3. The minimum atomic E-state index is -0.589. The van der Waals surface area contributed by atoms with Gasteiger partial charge in [0.1, 0.15) is 0 Å². The van der Waals surface area contributed by atoms with E-state index in [0.717, 1.165) is 36.1 Å². The standard InChI is InChI=1S/C25H30N4O2/c1-3-23(24(30)22-7-5-14-27-17-22)28-15-12-19-8-10-21(11-9-19)25(31)29(2)18-20-6-4-13-26-16-20/h4-11,13-14,16-17,23-24,28,30H,3,12,15,18H2,1-2H3/t23-,24?/m1/s1. The van der Waals surface area contributed by atoms with Crippen LogP contribution in [0.5, 0.6) is 0 Å². The van der Waals surface area contributed by atoms with Crippen molar-refractivity contribution in [3.8, 4) is 0 Å². The van der Waals surface area contributed by atoms with Gasteiger partial charge in [0.2, 0.25) is 0 Å². The molecule has 3 aromatic rings. The molecule has 6 heteroatoms. The molecule has 2 N–H and O–H groups in total. The van der Waals surface area contributed by atoms with Gasteiger partial charge in [0, 0.05) is 55.5 Å². The number of amides is 1. The lowest BCUT2D eigenvalue weighted by atomic mass is 10.0. The second-order valence-corrected chi connectivity index (χ2v) is 7.67.